The minimum atomic E-state index is 0.409. The van der Waals surface area contributed by atoms with Crippen molar-refractivity contribution in [3.05, 3.63) is 64.2 Å². The molecule has 0 radical (unpaired) electrons. The molecule has 3 heteroatoms. The van der Waals surface area contributed by atoms with Crippen LogP contribution < -0.4 is 15.7 Å². The summed E-state index contributed by atoms with van der Waals surface area (Å²) in [6, 6.07) is 14.0. The number of fused-ring (bicyclic) bond motifs is 1. The summed E-state index contributed by atoms with van der Waals surface area (Å²) in [4.78, 5) is 3.23. The third kappa shape index (κ3) is 3.17. The Morgan fingerprint density at radius 3 is 2.58 bits per heavy atom. The van der Waals surface area contributed by atoms with Gasteiger partial charge in [0.2, 0.25) is 18.1 Å². The Kier molecular flexibility index (Phi) is 4.91. The number of rotatable bonds is 4. The minimum Gasteiger partial charge on any atom is -0.313 e. The normalized spacial score (nSPS) is 20.1. The van der Waals surface area contributed by atoms with Crippen LogP contribution in [-0.2, 0) is 0 Å². The highest BCUT2D eigenvalue weighted by atomic mass is 14.9. The molecule has 1 aliphatic carbocycles. The summed E-state index contributed by atoms with van der Waals surface area (Å²) < 4.78 is 0. The lowest BCUT2D eigenvalue weighted by Crippen LogP contribution is -2.63. The molecule has 0 bridgehead atoms. The Balaban J connectivity index is 2.05. The molecule has 0 saturated carbocycles. The monoisotopic (exact) mass is 321 g/mol. The van der Waals surface area contributed by atoms with Crippen LogP contribution in [0.25, 0.3) is 0 Å². The first-order valence-electron chi connectivity index (χ1n) is 8.65. The highest BCUT2D eigenvalue weighted by molar-refractivity contribution is 6.10. The Bertz CT molecular complexity index is 777. The first-order chi connectivity index (χ1) is 11.6. The molecule has 0 saturated heterocycles. The lowest BCUT2D eigenvalue weighted by Gasteiger charge is -2.32. The van der Waals surface area contributed by atoms with Gasteiger partial charge >= 0.3 is 0 Å². The summed E-state index contributed by atoms with van der Waals surface area (Å²) in [7, 11) is 2.05. The maximum absolute atomic E-state index is 5.44. The van der Waals surface area contributed by atoms with E-state index in [1.807, 2.05) is 7.05 Å². The number of nitrogens with one attached hydrogen (secondary N) is 2. The molecule has 124 valence electrons. The topological polar surface area (TPSA) is 51.6 Å². The van der Waals surface area contributed by atoms with E-state index in [2.05, 4.69) is 60.6 Å². The molecular formula is C21H27N3+2. The zero-order valence-corrected chi connectivity index (χ0v) is 14.8. The van der Waals surface area contributed by atoms with Gasteiger partial charge in [-0.2, -0.15) is 0 Å². The lowest BCUT2D eigenvalue weighted by atomic mass is 9.76. The second kappa shape index (κ2) is 7.10. The molecule has 0 spiro atoms. The van der Waals surface area contributed by atoms with E-state index in [1.165, 1.54) is 40.5 Å². The molecule has 0 heterocycles. The van der Waals surface area contributed by atoms with E-state index in [4.69, 9.17) is 5.41 Å². The summed E-state index contributed by atoms with van der Waals surface area (Å²) in [5.41, 5.74) is 8.06. The highest BCUT2D eigenvalue weighted by Gasteiger charge is 2.28. The van der Waals surface area contributed by atoms with Crippen LogP contribution in [0.5, 0.6) is 0 Å². The summed E-state index contributed by atoms with van der Waals surface area (Å²) in [5.74, 6) is 0.475. The summed E-state index contributed by atoms with van der Waals surface area (Å²) in [6.45, 7) is 4.37. The van der Waals surface area contributed by atoms with E-state index in [-0.39, 0.29) is 0 Å². The van der Waals surface area contributed by atoms with E-state index in [0.29, 0.717) is 12.0 Å². The van der Waals surface area contributed by atoms with Crippen molar-refractivity contribution in [3.8, 4) is 0 Å². The molecule has 0 amide bonds. The summed E-state index contributed by atoms with van der Waals surface area (Å²) in [6.07, 6.45) is 5.61. The SMILES string of the molecule is CN[C@H]1CC[C@@H](c2ccc(C)c(C)c2)c2ccc([NH+]=CC=[NH2+])cc21. The van der Waals surface area contributed by atoms with Gasteiger partial charge in [0.05, 0.1) is 0 Å². The Hall–Kier alpha value is -2.26. The number of aryl methyl sites for hydroxylation is 2. The van der Waals surface area contributed by atoms with Crippen molar-refractivity contribution in [2.75, 3.05) is 7.05 Å². The van der Waals surface area contributed by atoms with E-state index in [0.717, 1.165) is 12.1 Å². The third-order valence-electron chi connectivity index (χ3n) is 5.21. The van der Waals surface area contributed by atoms with E-state index >= 15 is 0 Å². The maximum Gasteiger partial charge on any atom is 0.231 e. The smallest absolute Gasteiger partial charge is 0.231 e. The predicted molar refractivity (Wildman–Crippen MR) is 99.9 cm³/mol. The second-order valence-electron chi connectivity index (χ2n) is 6.66. The molecule has 3 nitrogen and oxygen atoms in total. The largest absolute Gasteiger partial charge is 0.313 e. The zero-order valence-electron chi connectivity index (χ0n) is 14.8. The van der Waals surface area contributed by atoms with Gasteiger partial charge in [0, 0.05) is 24.1 Å². The van der Waals surface area contributed by atoms with Crippen molar-refractivity contribution in [1.82, 2.24) is 5.32 Å². The van der Waals surface area contributed by atoms with Crippen LogP contribution in [0.4, 0.5) is 5.69 Å². The van der Waals surface area contributed by atoms with Crippen molar-refractivity contribution < 1.29 is 10.4 Å². The quantitative estimate of drug-likeness (QED) is 0.726. The Morgan fingerprint density at radius 2 is 1.88 bits per heavy atom. The molecular weight excluding hydrogens is 294 g/mol. The van der Waals surface area contributed by atoms with Gasteiger partial charge < -0.3 is 5.32 Å². The molecule has 0 unspecified atom stereocenters. The Labute approximate surface area is 144 Å². The Morgan fingerprint density at radius 1 is 1.04 bits per heavy atom. The fourth-order valence-electron chi connectivity index (χ4n) is 3.70. The number of nitrogens with two attached hydrogens (primary N) is 1. The minimum absolute atomic E-state index is 0.409. The number of hydrogen-bond acceptors (Lipinski definition) is 1. The average Bonchev–Trinajstić information content (AvgIpc) is 2.61. The highest BCUT2D eigenvalue weighted by Crippen LogP contribution is 2.42. The van der Waals surface area contributed by atoms with Crippen molar-refractivity contribution in [2.45, 2.75) is 38.6 Å². The molecule has 2 atom stereocenters. The summed E-state index contributed by atoms with van der Waals surface area (Å²) >= 11 is 0. The third-order valence-corrected chi connectivity index (χ3v) is 5.21. The molecule has 2 aromatic rings. The maximum atomic E-state index is 5.44. The van der Waals surface area contributed by atoms with Crippen LogP contribution in [0.1, 0.15) is 52.6 Å². The molecule has 24 heavy (non-hydrogen) atoms. The van der Waals surface area contributed by atoms with Gasteiger partial charge in [-0.3, -0.25) is 5.41 Å². The molecule has 3 rings (SSSR count). The van der Waals surface area contributed by atoms with Gasteiger partial charge in [-0.25, -0.2) is 4.99 Å². The fourth-order valence-corrected chi connectivity index (χ4v) is 3.70. The standard InChI is InChI=1S/C21H25N3/c1-14-4-5-16(12-15(14)2)18-8-9-21(23-3)20-13-17(24-11-10-22)6-7-19(18)20/h4-7,10-13,18,21-23H,8-9H2,1-3H3/p+2/t18-,21-/m0/s1. The van der Waals surface area contributed by atoms with Crippen molar-refractivity contribution in [3.63, 3.8) is 0 Å². The van der Waals surface area contributed by atoms with Crippen LogP contribution in [0.3, 0.4) is 0 Å². The van der Waals surface area contributed by atoms with Crippen LogP contribution in [0.2, 0.25) is 0 Å². The van der Waals surface area contributed by atoms with Gasteiger partial charge in [-0.1, -0.05) is 24.3 Å². The van der Waals surface area contributed by atoms with Gasteiger partial charge in [0.25, 0.3) is 0 Å². The first-order valence-corrected chi connectivity index (χ1v) is 8.65. The van der Waals surface area contributed by atoms with Crippen LogP contribution >= 0.6 is 0 Å². The van der Waals surface area contributed by atoms with Crippen molar-refractivity contribution >= 4 is 18.1 Å². The first kappa shape index (κ1) is 16.6. The molecule has 0 aromatic heterocycles. The average molecular weight is 321 g/mol. The van der Waals surface area contributed by atoms with Crippen LogP contribution in [0, 0.1) is 13.8 Å². The number of benzene rings is 2. The van der Waals surface area contributed by atoms with Crippen molar-refractivity contribution in [2.24, 2.45) is 0 Å². The van der Waals surface area contributed by atoms with Gasteiger partial charge in [-0.15, -0.1) is 0 Å². The molecule has 2 aromatic carbocycles. The molecule has 0 fully saturated rings. The molecule has 4 N–H and O–H groups in total. The second-order valence-corrected chi connectivity index (χ2v) is 6.66. The van der Waals surface area contributed by atoms with Crippen LogP contribution in [0.15, 0.2) is 36.4 Å². The van der Waals surface area contributed by atoms with Gasteiger partial charge in [-0.05, 0) is 61.6 Å². The number of hydrogen-bond donors (Lipinski definition) is 3. The van der Waals surface area contributed by atoms with Gasteiger partial charge in [0.1, 0.15) is 0 Å². The molecule has 0 aliphatic heterocycles. The predicted octanol–water partition coefficient (Wildman–Crippen LogP) is 1.10. The van der Waals surface area contributed by atoms with Gasteiger partial charge in [0.15, 0.2) is 0 Å². The van der Waals surface area contributed by atoms with Crippen LogP contribution in [-0.4, -0.2) is 19.5 Å². The van der Waals surface area contributed by atoms with E-state index in [9.17, 15) is 0 Å². The molecule has 1 aliphatic rings. The van der Waals surface area contributed by atoms with E-state index in [1.54, 1.807) is 6.21 Å². The fraction of sp³-hybridized carbons (Fsp3) is 0.333. The zero-order chi connectivity index (χ0) is 17.1. The van der Waals surface area contributed by atoms with Crippen molar-refractivity contribution in [1.29, 1.82) is 0 Å². The summed E-state index contributed by atoms with van der Waals surface area (Å²) in [5, 5.41) is 8.90. The van der Waals surface area contributed by atoms with E-state index < -0.39 is 0 Å². The lowest BCUT2D eigenvalue weighted by molar-refractivity contribution is -0.346.